The minimum absolute atomic E-state index is 0.181. The van der Waals surface area contributed by atoms with Gasteiger partial charge in [0, 0.05) is 31.6 Å². The maximum atomic E-state index is 12.3. The van der Waals surface area contributed by atoms with Crippen LogP contribution >= 0.6 is 11.8 Å². The monoisotopic (exact) mass is 388 g/mol. The minimum atomic E-state index is 0.181. The van der Waals surface area contributed by atoms with E-state index >= 15 is 0 Å². The van der Waals surface area contributed by atoms with Crippen molar-refractivity contribution < 1.29 is 14.3 Å². The third-order valence-corrected chi connectivity index (χ3v) is 5.77. The standard InChI is InChI=1S/C19H24N4O3S/c1-2-23-18(14-6-7-15-16(12-14)26-11-5-10-25-15)20-21-19(23)27-13-17(24)22-8-3-4-9-22/h6-7,12H,2-5,8-11,13H2,1H3. The van der Waals surface area contributed by atoms with E-state index in [0.29, 0.717) is 19.0 Å². The SMILES string of the molecule is CCn1c(SCC(=O)N2CCCC2)nnc1-c1ccc2c(c1)OCCCO2. The lowest BCUT2D eigenvalue weighted by molar-refractivity contribution is -0.127. The van der Waals surface area contributed by atoms with Gasteiger partial charge in [-0.05, 0) is 38.0 Å². The topological polar surface area (TPSA) is 69.5 Å². The molecule has 2 aliphatic heterocycles. The van der Waals surface area contributed by atoms with E-state index in [1.807, 2.05) is 27.7 Å². The number of aromatic nitrogens is 3. The van der Waals surface area contributed by atoms with Crippen molar-refractivity contribution in [2.75, 3.05) is 32.1 Å². The second-order valence-electron chi connectivity index (χ2n) is 6.64. The average molecular weight is 388 g/mol. The van der Waals surface area contributed by atoms with Gasteiger partial charge in [0.25, 0.3) is 0 Å². The van der Waals surface area contributed by atoms with E-state index in [2.05, 4.69) is 17.1 Å². The number of ether oxygens (including phenoxy) is 2. The van der Waals surface area contributed by atoms with Gasteiger partial charge in [-0.3, -0.25) is 4.79 Å². The molecule has 4 rings (SSSR count). The molecule has 0 spiro atoms. The first-order chi connectivity index (χ1) is 13.3. The molecule has 1 aromatic heterocycles. The van der Waals surface area contributed by atoms with E-state index < -0.39 is 0 Å². The summed E-state index contributed by atoms with van der Waals surface area (Å²) >= 11 is 1.46. The van der Waals surface area contributed by atoms with Gasteiger partial charge in [0.15, 0.2) is 22.5 Å². The maximum absolute atomic E-state index is 12.3. The number of carbonyl (C=O) groups is 1. The van der Waals surface area contributed by atoms with Gasteiger partial charge < -0.3 is 18.9 Å². The summed E-state index contributed by atoms with van der Waals surface area (Å²) in [6.07, 6.45) is 3.09. The molecule has 7 nitrogen and oxygen atoms in total. The Morgan fingerprint density at radius 2 is 1.89 bits per heavy atom. The lowest BCUT2D eigenvalue weighted by atomic mass is 10.2. The number of hydrogen-bond donors (Lipinski definition) is 0. The highest BCUT2D eigenvalue weighted by molar-refractivity contribution is 7.99. The summed E-state index contributed by atoms with van der Waals surface area (Å²) in [6, 6.07) is 5.86. The fourth-order valence-electron chi connectivity index (χ4n) is 3.38. The van der Waals surface area contributed by atoms with Crippen LogP contribution in [0.25, 0.3) is 11.4 Å². The minimum Gasteiger partial charge on any atom is -0.490 e. The third-order valence-electron chi connectivity index (χ3n) is 4.82. The van der Waals surface area contributed by atoms with E-state index in [9.17, 15) is 4.79 Å². The number of rotatable bonds is 5. The molecule has 1 fully saturated rings. The number of hydrogen-bond acceptors (Lipinski definition) is 6. The molecule has 0 unspecified atom stereocenters. The first kappa shape index (κ1) is 18.2. The van der Waals surface area contributed by atoms with E-state index in [4.69, 9.17) is 9.47 Å². The lowest BCUT2D eigenvalue weighted by Crippen LogP contribution is -2.29. The van der Waals surface area contributed by atoms with Crippen LogP contribution in [0.4, 0.5) is 0 Å². The Balaban J connectivity index is 1.52. The highest BCUT2D eigenvalue weighted by atomic mass is 32.2. The zero-order valence-corrected chi connectivity index (χ0v) is 16.3. The largest absolute Gasteiger partial charge is 0.490 e. The smallest absolute Gasteiger partial charge is 0.233 e. The van der Waals surface area contributed by atoms with Gasteiger partial charge in [-0.2, -0.15) is 0 Å². The van der Waals surface area contributed by atoms with Crippen molar-refractivity contribution in [3.63, 3.8) is 0 Å². The van der Waals surface area contributed by atoms with Crippen molar-refractivity contribution in [1.82, 2.24) is 19.7 Å². The number of likely N-dealkylation sites (tertiary alicyclic amines) is 1. The molecule has 0 saturated carbocycles. The zero-order chi connectivity index (χ0) is 18.6. The van der Waals surface area contributed by atoms with Crippen molar-refractivity contribution >= 4 is 17.7 Å². The van der Waals surface area contributed by atoms with Crippen LogP contribution in [0.2, 0.25) is 0 Å². The van der Waals surface area contributed by atoms with Crippen LogP contribution in [0.15, 0.2) is 23.4 Å². The van der Waals surface area contributed by atoms with Gasteiger partial charge in [-0.15, -0.1) is 10.2 Å². The number of benzene rings is 1. The summed E-state index contributed by atoms with van der Waals surface area (Å²) in [6.45, 7) is 5.86. The molecule has 0 bridgehead atoms. The highest BCUT2D eigenvalue weighted by Gasteiger charge is 2.21. The fourth-order valence-corrected chi connectivity index (χ4v) is 4.29. The van der Waals surface area contributed by atoms with E-state index in [1.54, 1.807) is 0 Å². The summed E-state index contributed by atoms with van der Waals surface area (Å²) in [4.78, 5) is 14.2. The summed E-state index contributed by atoms with van der Waals surface area (Å²) in [5.41, 5.74) is 0.936. The number of thioether (sulfide) groups is 1. The molecule has 0 atom stereocenters. The predicted octanol–water partition coefficient (Wildman–Crippen LogP) is 2.84. The summed E-state index contributed by atoms with van der Waals surface area (Å²) < 4.78 is 13.5. The molecule has 27 heavy (non-hydrogen) atoms. The van der Waals surface area contributed by atoms with E-state index in [0.717, 1.165) is 66.9 Å². The average Bonchev–Trinajstić information content (AvgIpc) is 3.31. The Kier molecular flexibility index (Phi) is 5.52. The molecular weight excluding hydrogens is 364 g/mol. The first-order valence-electron chi connectivity index (χ1n) is 9.50. The number of carbonyl (C=O) groups excluding carboxylic acids is 1. The highest BCUT2D eigenvalue weighted by Crippen LogP contribution is 2.34. The fraction of sp³-hybridized carbons (Fsp3) is 0.526. The van der Waals surface area contributed by atoms with Gasteiger partial charge in [0.05, 0.1) is 19.0 Å². The Morgan fingerprint density at radius 1 is 1.11 bits per heavy atom. The summed E-state index contributed by atoms with van der Waals surface area (Å²) in [7, 11) is 0. The van der Waals surface area contributed by atoms with Crippen LogP contribution in [-0.2, 0) is 11.3 Å². The normalized spacial score (nSPS) is 16.4. The molecule has 0 aliphatic carbocycles. The van der Waals surface area contributed by atoms with Crippen molar-refractivity contribution in [2.24, 2.45) is 0 Å². The molecule has 1 saturated heterocycles. The quantitative estimate of drug-likeness (QED) is 0.734. The third kappa shape index (κ3) is 3.90. The van der Waals surface area contributed by atoms with Crippen LogP contribution in [0.5, 0.6) is 11.5 Å². The van der Waals surface area contributed by atoms with Gasteiger partial charge in [-0.1, -0.05) is 11.8 Å². The molecular formula is C19H24N4O3S. The Hall–Kier alpha value is -2.22. The molecule has 8 heteroatoms. The van der Waals surface area contributed by atoms with Gasteiger partial charge in [-0.25, -0.2) is 0 Å². The van der Waals surface area contributed by atoms with Crippen molar-refractivity contribution in [3.05, 3.63) is 18.2 Å². The summed E-state index contributed by atoms with van der Waals surface area (Å²) in [5.74, 6) is 2.88. The van der Waals surface area contributed by atoms with Gasteiger partial charge in [0.1, 0.15) is 0 Å². The van der Waals surface area contributed by atoms with Crippen molar-refractivity contribution in [3.8, 4) is 22.9 Å². The molecule has 0 N–H and O–H groups in total. The van der Waals surface area contributed by atoms with Crippen LogP contribution in [-0.4, -0.2) is 57.6 Å². The van der Waals surface area contributed by atoms with Crippen LogP contribution in [0.3, 0.4) is 0 Å². The molecule has 1 amide bonds. The summed E-state index contributed by atoms with van der Waals surface area (Å²) in [5, 5.41) is 9.47. The van der Waals surface area contributed by atoms with Crippen LogP contribution in [0, 0.1) is 0 Å². The van der Waals surface area contributed by atoms with E-state index in [-0.39, 0.29) is 5.91 Å². The van der Waals surface area contributed by atoms with Crippen molar-refractivity contribution in [2.45, 2.75) is 37.9 Å². The van der Waals surface area contributed by atoms with Crippen LogP contribution < -0.4 is 9.47 Å². The second-order valence-corrected chi connectivity index (χ2v) is 7.58. The Bertz CT molecular complexity index is 817. The second kappa shape index (κ2) is 8.21. The first-order valence-corrected chi connectivity index (χ1v) is 10.5. The molecule has 0 radical (unpaired) electrons. The zero-order valence-electron chi connectivity index (χ0n) is 15.5. The van der Waals surface area contributed by atoms with Crippen LogP contribution in [0.1, 0.15) is 26.2 Å². The Labute approximate surface area is 163 Å². The van der Waals surface area contributed by atoms with Gasteiger partial charge >= 0.3 is 0 Å². The molecule has 144 valence electrons. The molecule has 2 aliphatic rings. The molecule has 3 heterocycles. The van der Waals surface area contributed by atoms with E-state index in [1.165, 1.54) is 11.8 Å². The predicted molar refractivity (Wildman–Crippen MR) is 103 cm³/mol. The van der Waals surface area contributed by atoms with Gasteiger partial charge in [0.2, 0.25) is 5.91 Å². The molecule has 1 aromatic carbocycles. The number of nitrogens with zero attached hydrogens (tertiary/aromatic N) is 4. The Morgan fingerprint density at radius 3 is 2.67 bits per heavy atom. The number of fused-ring (bicyclic) bond motifs is 1. The molecule has 2 aromatic rings. The maximum Gasteiger partial charge on any atom is 0.233 e. The lowest BCUT2D eigenvalue weighted by Gasteiger charge is -2.14. The van der Waals surface area contributed by atoms with Crippen molar-refractivity contribution in [1.29, 1.82) is 0 Å². The number of amides is 1.